The summed E-state index contributed by atoms with van der Waals surface area (Å²) in [6.45, 7) is 1.10. The van der Waals surface area contributed by atoms with E-state index >= 15 is 0 Å². The number of alkyl halides is 1. The molecule has 4 nitrogen and oxygen atoms in total. The third kappa shape index (κ3) is 2.68. The van der Waals surface area contributed by atoms with Gasteiger partial charge in [0.05, 0.1) is 12.5 Å². The number of ether oxygens (including phenoxy) is 1. The molecule has 0 aliphatic heterocycles. The summed E-state index contributed by atoms with van der Waals surface area (Å²) in [5.74, 6) is 1.20. The first-order valence-electron chi connectivity index (χ1n) is 5.49. The quantitative estimate of drug-likeness (QED) is 0.783. The lowest BCUT2D eigenvalue weighted by Crippen LogP contribution is -2.09. The molecule has 18 heavy (non-hydrogen) atoms. The van der Waals surface area contributed by atoms with Crippen LogP contribution in [0.1, 0.15) is 5.82 Å². The molecule has 2 aromatic rings. The third-order valence-electron chi connectivity index (χ3n) is 2.55. The fraction of sp³-hybridized carbons (Fsp3) is 0.333. The van der Waals surface area contributed by atoms with Gasteiger partial charge in [0, 0.05) is 19.2 Å². The van der Waals surface area contributed by atoms with Crippen molar-refractivity contribution >= 4 is 11.6 Å². The summed E-state index contributed by atoms with van der Waals surface area (Å²) < 4.78 is 20.1. The molecule has 6 heteroatoms. The molecule has 0 spiro atoms. The summed E-state index contributed by atoms with van der Waals surface area (Å²) in [6.07, 6.45) is 0. The standard InChI is InChI=1S/C12H13ClFN3O/c1-18-6-5-17-11(8-13)15-16-12(17)9-3-2-4-10(14)7-9/h2-4,7H,5-6,8H2,1H3. The van der Waals surface area contributed by atoms with Crippen LogP contribution in [0, 0.1) is 5.82 Å². The van der Waals surface area contributed by atoms with Gasteiger partial charge in [-0.25, -0.2) is 4.39 Å². The Labute approximate surface area is 109 Å². The summed E-state index contributed by atoms with van der Waals surface area (Å²) in [6, 6.07) is 6.24. The molecular formula is C12H13ClFN3O. The first kappa shape index (κ1) is 13.0. The van der Waals surface area contributed by atoms with Gasteiger partial charge in [-0.1, -0.05) is 12.1 Å². The molecular weight excluding hydrogens is 257 g/mol. The van der Waals surface area contributed by atoms with E-state index in [0.29, 0.717) is 30.4 Å². The van der Waals surface area contributed by atoms with Gasteiger partial charge in [0.2, 0.25) is 0 Å². The Morgan fingerprint density at radius 3 is 2.89 bits per heavy atom. The molecule has 0 saturated carbocycles. The van der Waals surface area contributed by atoms with Crippen LogP contribution in [-0.4, -0.2) is 28.5 Å². The van der Waals surface area contributed by atoms with Crippen LogP contribution in [0.5, 0.6) is 0 Å². The van der Waals surface area contributed by atoms with E-state index in [2.05, 4.69) is 10.2 Å². The zero-order chi connectivity index (χ0) is 13.0. The van der Waals surface area contributed by atoms with E-state index in [1.54, 1.807) is 19.2 Å². The second kappa shape index (κ2) is 5.93. The second-order valence-corrected chi connectivity index (χ2v) is 4.00. The lowest BCUT2D eigenvalue weighted by atomic mass is 10.2. The third-order valence-corrected chi connectivity index (χ3v) is 2.79. The number of nitrogens with zero attached hydrogens (tertiary/aromatic N) is 3. The number of aromatic nitrogens is 3. The van der Waals surface area contributed by atoms with Crippen molar-refractivity contribution in [3.8, 4) is 11.4 Å². The van der Waals surface area contributed by atoms with Crippen LogP contribution in [-0.2, 0) is 17.2 Å². The minimum atomic E-state index is -0.304. The molecule has 96 valence electrons. The van der Waals surface area contributed by atoms with Crippen molar-refractivity contribution in [1.29, 1.82) is 0 Å². The van der Waals surface area contributed by atoms with Gasteiger partial charge in [-0.3, -0.25) is 0 Å². The minimum absolute atomic E-state index is 0.256. The molecule has 0 N–H and O–H groups in total. The molecule has 1 aromatic heterocycles. The lowest BCUT2D eigenvalue weighted by molar-refractivity contribution is 0.187. The molecule has 0 radical (unpaired) electrons. The van der Waals surface area contributed by atoms with Gasteiger partial charge in [-0.15, -0.1) is 21.8 Å². The van der Waals surface area contributed by atoms with E-state index in [4.69, 9.17) is 16.3 Å². The number of methoxy groups -OCH3 is 1. The van der Waals surface area contributed by atoms with E-state index in [1.807, 2.05) is 4.57 Å². The highest BCUT2D eigenvalue weighted by Gasteiger charge is 2.13. The summed E-state index contributed by atoms with van der Waals surface area (Å²) in [4.78, 5) is 0. The van der Waals surface area contributed by atoms with Crippen LogP contribution in [0.3, 0.4) is 0 Å². The predicted molar refractivity (Wildman–Crippen MR) is 66.8 cm³/mol. The number of hydrogen-bond acceptors (Lipinski definition) is 3. The van der Waals surface area contributed by atoms with Gasteiger partial charge >= 0.3 is 0 Å². The average molecular weight is 270 g/mol. The molecule has 0 atom stereocenters. The molecule has 0 bridgehead atoms. The highest BCUT2D eigenvalue weighted by atomic mass is 35.5. The summed E-state index contributed by atoms with van der Waals surface area (Å²) in [7, 11) is 1.62. The molecule has 0 saturated heterocycles. The molecule has 2 rings (SSSR count). The fourth-order valence-electron chi connectivity index (χ4n) is 1.69. The molecule has 0 unspecified atom stereocenters. The first-order valence-corrected chi connectivity index (χ1v) is 6.02. The lowest BCUT2D eigenvalue weighted by Gasteiger charge is -2.08. The van der Waals surface area contributed by atoms with Gasteiger partial charge in [0.25, 0.3) is 0 Å². The van der Waals surface area contributed by atoms with Gasteiger partial charge in [-0.2, -0.15) is 0 Å². The van der Waals surface area contributed by atoms with Gasteiger partial charge < -0.3 is 9.30 Å². The van der Waals surface area contributed by atoms with Crippen LogP contribution in [0.15, 0.2) is 24.3 Å². The summed E-state index contributed by atoms with van der Waals surface area (Å²) in [5, 5.41) is 8.05. The van der Waals surface area contributed by atoms with Crippen molar-refractivity contribution in [2.24, 2.45) is 0 Å². The van der Waals surface area contributed by atoms with E-state index in [9.17, 15) is 4.39 Å². The van der Waals surface area contributed by atoms with Crippen molar-refractivity contribution < 1.29 is 9.13 Å². The Kier molecular flexibility index (Phi) is 4.28. The Morgan fingerprint density at radius 2 is 2.22 bits per heavy atom. The molecule has 0 aliphatic rings. The van der Waals surface area contributed by atoms with Gasteiger partial charge in [-0.05, 0) is 12.1 Å². The number of rotatable bonds is 5. The van der Waals surface area contributed by atoms with E-state index < -0.39 is 0 Å². The van der Waals surface area contributed by atoms with E-state index in [1.165, 1.54) is 12.1 Å². The monoisotopic (exact) mass is 269 g/mol. The maximum absolute atomic E-state index is 13.2. The van der Waals surface area contributed by atoms with Crippen molar-refractivity contribution in [3.05, 3.63) is 35.9 Å². The molecule has 0 fully saturated rings. The minimum Gasteiger partial charge on any atom is -0.383 e. The van der Waals surface area contributed by atoms with Gasteiger partial charge in [0.15, 0.2) is 5.82 Å². The SMILES string of the molecule is COCCn1c(CCl)nnc1-c1cccc(F)c1. The van der Waals surface area contributed by atoms with Crippen LogP contribution in [0.25, 0.3) is 11.4 Å². The van der Waals surface area contributed by atoms with E-state index in [0.717, 1.165) is 0 Å². The Bertz CT molecular complexity index is 530. The summed E-state index contributed by atoms with van der Waals surface area (Å²) >= 11 is 5.80. The predicted octanol–water partition coefficient (Wildman–Crippen LogP) is 2.47. The number of benzene rings is 1. The highest BCUT2D eigenvalue weighted by Crippen LogP contribution is 2.20. The maximum atomic E-state index is 13.2. The van der Waals surface area contributed by atoms with Crippen LogP contribution < -0.4 is 0 Å². The van der Waals surface area contributed by atoms with Crippen molar-refractivity contribution in [1.82, 2.24) is 14.8 Å². The normalized spacial score (nSPS) is 10.8. The largest absolute Gasteiger partial charge is 0.383 e. The van der Waals surface area contributed by atoms with Crippen molar-refractivity contribution in [2.45, 2.75) is 12.4 Å². The smallest absolute Gasteiger partial charge is 0.164 e. The molecule has 1 heterocycles. The fourth-order valence-corrected chi connectivity index (χ4v) is 1.89. The topological polar surface area (TPSA) is 39.9 Å². The van der Waals surface area contributed by atoms with Crippen LogP contribution >= 0.6 is 11.6 Å². The Balaban J connectivity index is 2.40. The van der Waals surface area contributed by atoms with Crippen LogP contribution in [0.2, 0.25) is 0 Å². The van der Waals surface area contributed by atoms with Gasteiger partial charge in [0.1, 0.15) is 11.6 Å². The Hall–Kier alpha value is -1.46. The first-order chi connectivity index (χ1) is 8.76. The van der Waals surface area contributed by atoms with Crippen molar-refractivity contribution in [2.75, 3.05) is 13.7 Å². The molecule has 0 amide bonds. The zero-order valence-electron chi connectivity index (χ0n) is 9.94. The van der Waals surface area contributed by atoms with E-state index in [-0.39, 0.29) is 11.7 Å². The number of halogens is 2. The van der Waals surface area contributed by atoms with Crippen LogP contribution in [0.4, 0.5) is 4.39 Å². The average Bonchev–Trinajstić information content (AvgIpc) is 2.79. The molecule has 0 aliphatic carbocycles. The van der Waals surface area contributed by atoms with Crippen molar-refractivity contribution in [3.63, 3.8) is 0 Å². The second-order valence-electron chi connectivity index (χ2n) is 3.73. The highest BCUT2D eigenvalue weighted by molar-refractivity contribution is 6.16. The molecule has 1 aromatic carbocycles. The Morgan fingerprint density at radius 1 is 1.39 bits per heavy atom. The maximum Gasteiger partial charge on any atom is 0.164 e. The number of hydrogen-bond donors (Lipinski definition) is 0. The zero-order valence-corrected chi connectivity index (χ0v) is 10.7. The summed E-state index contributed by atoms with van der Waals surface area (Å²) in [5.41, 5.74) is 0.676.